The van der Waals surface area contributed by atoms with Crippen LogP contribution in [0.15, 0.2) is 6.20 Å². The van der Waals surface area contributed by atoms with Gasteiger partial charge in [0.25, 0.3) is 5.91 Å². The van der Waals surface area contributed by atoms with Gasteiger partial charge in [0.2, 0.25) is 5.95 Å². The second kappa shape index (κ2) is 8.17. The number of carbonyl (C=O) groups is 1. The van der Waals surface area contributed by atoms with Gasteiger partial charge < -0.3 is 21.5 Å². The molecule has 0 spiro atoms. The van der Waals surface area contributed by atoms with Crippen LogP contribution in [0.2, 0.25) is 26.7 Å². The lowest BCUT2D eigenvalue weighted by Gasteiger charge is -2.81. The lowest BCUT2D eigenvalue weighted by atomic mass is 9.02. The van der Waals surface area contributed by atoms with Crippen LogP contribution in [0.3, 0.4) is 0 Å². The van der Waals surface area contributed by atoms with E-state index in [2.05, 4.69) is 20.6 Å². The van der Waals surface area contributed by atoms with Crippen molar-refractivity contribution >= 4 is 104 Å². The molecule has 1 aliphatic carbocycles. The molecule has 150 valence electrons. The van der Waals surface area contributed by atoms with Crippen LogP contribution in [0, 0.1) is 0 Å². The molecule has 5 N–H and O–H groups in total. The molecular weight excluding hydrogens is 413 g/mol. The molecule has 1 heterocycles. The normalized spacial score (nSPS) is 32.0. The standard InChI is InChI=1S/C16H16B11N5O2/c1-10(2,3)32-9-29-4-5(6(28)33)7(30-9)31-15(26)13(22,23)12(20,21)11(19,8(17)18)16(27,34)14(15,24)25/h4,8,34H,1-3H3,(H2,28,33)(H2,29,30,31,32). The molecule has 1 aliphatic rings. The van der Waals surface area contributed by atoms with Crippen molar-refractivity contribution in [2.75, 3.05) is 10.6 Å². The van der Waals surface area contributed by atoms with E-state index in [0.717, 1.165) is 6.20 Å². The summed E-state index contributed by atoms with van der Waals surface area (Å²) in [6.07, 6.45) is 1.09. The summed E-state index contributed by atoms with van der Waals surface area (Å²) in [5.74, 6) is -1.29. The van der Waals surface area contributed by atoms with Gasteiger partial charge in [0.05, 0.1) is 76.2 Å². The maximum atomic E-state index is 12.1. The van der Waals surface area contributed by atoms with Crippen molar-refractivity contribution < 1.29 is 9.90 Å². The quantitative estimate of drug-likeness (QED) is 0.365. The number of rotatable bonds is 5. The van der Waals surface area contributed by atoms with Crippen molar-refractivity contribution in [2.45, 2.75) is 63.9 Å². The number of hydrogen-bond donors (Lipinski definition) is 4. The molecule has 1 saturated carbocycles. The van der Waals surface area contributed by atoms with Crippen LogP contribution < -0.4 is 16.4 Å². The fraction of sp³-hybridized carbons (Fsp3) is 0.688. The van der Waals surface area contributed by atoms with E-state index in [4.69, 9.17) is 92.0 Å². The maximum absolute atomic E-state index is 12.1. The third-order valence-electron chi connectivity index (χ3n) is 6.32. The molecule has 0 bridgehead atoms. The van der Waals surface area contributed by atoms with E-state index in [1.165, 1.54) is 0 Å². The topological polar surface area (TPSA) is 113 Å². The van der Waals surface area contributed by atoms with Crippen LogP contribution in [0.25, 0.3) is 0 Å². The highest BCUT2D eigenvalue weighted by Gasteiger charge is 2.72. The van der Waals surface area contributed by atoms with Crippen LogP contribution >= 0.6 is 0 Å². The number of aliphatic hydroxyl groups is 1. The number of hydrogen-bond acceptors (Lipinski definition) is 6. The zero-order chi connectivity index (χ0) is 26.9. The molecule has 3 unspecified atom stereocenters. The number of aromatic nitrogens is 2. The first-order valence-electron chi connectivity index (χ1n) is 9.99. The Kier molecular flexibility index (Phi) is 6.99. The van der Waals surface area contributed by atoms with Gasteiger partial charge in [0.15, 0.2) is 0 Å². The van der Waals surface area contributed by atoms with Crippen molar-refractivity contribution in [3.63, 3.8) is 0 Å². The average Bonchev–Trinajstić information content (AvgIpc) is 2.63. The van der Waals surface area contributed by atoms with Gasteiger partial charge in [-0.1, -0.05) is 15.7 Å². The predicted molar refractivity (Wildman–Crippen MR) is 143 cm³/mol. The molecule has 1 aromatic heterocycles. The van der Waals surface area contributed by atoms with E-state index in [9.17, 15) is 9.90 Å². The third-order valence-corrected chi connectivity index (χ3v) is 6.32. The second-order valence-electron chi connectivity index (χ2n) is 9.90. The molecule has 7 nitrogen and oxygen atoms in total. The maximum Gasteiger partial charge on any atom is 0.254 e. The molecule has 0 aliphatic heterocycles. The Bertz CT molecular complexity index is 953. The van der Waals surface area contributed by atoms with E-state index in [1.807, 2.05) is 20.8 Å². The van der Waals surface area contributed by atoms with E-state index >= 15 is 0 Å². The summed E-state index contributed by atoms with van der Waals surface area (Å²) in [5, 5.41) is 6.14. The van der Waals surface area contributed by atoms with Gasteiger partial charge in [-0.25, -0.2) is 4.98 Å². The monoisotopic (exact) mass is 431 g/mol. The molecule has 1 amide bonds. The molecule has 1 fully saturated rings. The summed E-state index contributed by atoms with van der Waals surface area (Å²) in [4.78, 5) is 20.3. The molecule has 22 radical (unpaired) electrons. The second-order valence-corrected chi connectivity index (χ2v) is 9.90. The van der Waals surface area contributed by atoms with Crippen LogP contribution in [0.1, 0.15) is 31.1 Å². The largest absolute Gasteiger partial charge is 0.401 e. The van der Waals surface area contributed by atoms with Crippen LogP contribution in [-0.2, 0) is 0 Å². The Balaban J connectivity index is 2.83. The lowest BCUT2D eigenvalue weighted by Crippen LogP contribution is -2.80. The fourth-order valence-electron chi connectivity index (χ4n) is 3.95. The molecule has 0 aromatic carbocycles. The van der Waals surface area contributed by atoms with E-state index < -0.39 is 49.1 Å². The Morgan fingerprint density at radius 3 is 1.91 bits per heavy atom. The van der Waals surface area contributed by atoms with Gasteiger partial charge in [0, 0.05) is 17.2 Å². The zero-order valence-electron chi connectivity index (χ0n) is 19.3. The van der Waals surface area contributed by atoms with Gasteiger partial charge in [0.1, 0.15) is 21.5 Å². The molecule has 2 rings (SSSR count). The third kappa shape index (κ3) is 3.72. The number of nitrogens with zero attached hydrogens (tertiary/aromatic N) is 2. The van der Waals surface area contributed by atoms with Crippen LogP contribution in [-0.4, -0.2) is 124 Å². The molecular formula is C16H16B11N5O2. The highest BCUT2D eigenvalue weighted by Crippen LogP contribution is 2.79. The Morgan fingerprint density at radius 1 is 1.00 bits per heavy atom. The Hall–Kier alpha value is -1.18. The minimum Gasteiger partial charge on any atom is -0.401 e. The zero-order valence-corrected chi connectivity index (χ0v) is 19.3. The summed E-state index contributed by atoms with van der Waals surface area (Å²) < 4.78 is 0. The predicted octanol–water partition coefficient (Wildman–Crippen LogP) is -3.30. The first-order chi connectivity index (χ1) is 14.9. The van der Waals surface area contributed by atoms with Gasteiger partial charge in [-0.05, 0) is 26.2 Å². The first-order valence-corrected chi connectivity index (χ1v) is 9.99. The van der Waals surface area contributed by atoms with Crippen molar-refractivity contribution in [3.05, 3.63) is 11.8 Å². The van der Waals surface area contributed by atoms with Crippen molar-refractivity contribution in [1.82, 2.24) is 9.97 Å². The number of nitrogens with two attached hydrogens (primary N) is 1. The van der Waals surface area contributed by atoms with E-state index in [-0.39, 0.29) is 17.3 Å². The molecule has 18 heteroatoms. The van der Waals surface area contributed by atoms with E-state index in [1.54, 1.807) is 0 Å². The Morgan fingerprint density at radius 2 is 1.50 bits per heavy atom. The minimum atomic E-state index is -3.02. The summed E-state index contributed by atoms with van der Waals surface area (Å²) in [6.45, 7) is 5.49. The van der Waals surface area contributed by atoms with Gasteiger partial charge in [-0.2, -0.15) is 4.98 Å². The fourth-order valence-corrected chi connectivity index (χ4v) is 3.95. The molecule has 34 heavy (non-hydrogen) atoms. The van der Waals surface area contributed by atoms with Gasteiger partial charge >= 0.3 is 0 Å². The summed E-state index contributed by atoms with van der Waals surface area (Å²) in [6, 6.07) is 0. The number of anilines is 2. The van der Waals surface area contributed by atoms with Crippen LogP contribution in [0.4, 0.5) is 11.8 Å². The summed E-state index contributed by atoms with van der Waals surface area (Å²) >= 11 is 0. The molecule has 0 saturated heterocycles. The SMILES string of the molecule is [B]C([B])C1([B])C([B])([B])C([B])([B])C([B])(Nc2nc(NC(C)(C)C)ncc2C(N)=O)C([B])([B])C1([B])O. The smallest absolute Gasteiger partial charge is 0.254 e. The van der Waals surface area contributed by atoms with Crippen molar-refractivity contribution in [1.29, 1.82) is 0 Å². The first kappa shape index (κ1) is 29.1. The average molecular weight is 429 g/mol. The van der Waals surface area contributed by atoms with Crippen molar-refractivity contribution in [3.8, 4) is 0 Å². The van der Waals surface area contributed by atoms with E-state index in [0.29, 0.717) is 0 Å². The Labute approximate surface area is 215 Å². The molecule has 1 aromatic rings. The number of nitrogens with one attached hydrogen (secondary N) is 2. The number of carbonyl (C=O) groups excluding carboxylic acids is 1. The molecule has 3 atom stereocenters. The lowest BCUT2D eigenvalue weighted by molar-refractivity contribution is 0.00473. The number of primary amides is 1. The minimum absolute atomic E-state index is 0.0330. The van der Waals surface area contributed by atoms with Crippen LogP contribution in [0.5, 0.6) is 0 Å². The van der Waals surface area contributed by atoms with Gasteiger partial charge in [-0.3, -0.25) is 4.79 Å². The number of amides is 1. The summed E-state index contributed by atoms with van der Waals surface area (Å²) in [5.41, 5.74) is -2.75. The highest BCUT2D eigenvalue weighted by molar-refractivity contribution is 6.66. The highest BCUT2D eigenvalue weighted by atomic mass is 16.3. The summed E-state index contributed by atoms with van der Waals surface area (Å²) in [7, 11) is 67.8. The van der Waals surface area contributed by atoms with Crippen molar-refractivity contribution in [2.24, 2.45) is 5.73 Å². The van der Waals surface area contributed by atoms with Gasteiger partial charge in [-0.15, -0.1) is 10.9 Å².